The van der Waals surface area contributed by atoms with Crippen molar-refractivity contribution in [3.63, 3.8) is 0 Å². The molecule has 0 aliphatic carbocycles. The van der Waals surface area contributed by atoms with Crippen LogP contribution in [0, 0.1) is 20.8 Å². The highest BCUT2D eigenvalue weighted by Gasteiger charge is 2.08. The van der Waals surface area contributed by atoms with Gasteiger partial charge in [-0.05, 0) is 31.9 Å². The van der Waals surface area contributed by atoms with Gasteiger partial charge in [0.05, 0.1) is 0 Å². The fraction of sp³-hybridized carbons (Fsp3) is 0.455. The molecule has 1 N–H and O–H groups in total. The van der Waals surface area contributed by atoms with E-state index in [0.717, 1.165) is 16.7 Å². The van der Waals surface area contributed by atoms with Gasteiger partial charge in [0.1, 0.15) is 18.1 Å². The highest BCUT2D eigenvalue weighted by molar-refractivity contribution is 7.85. The molecule has 0 aromatic heterocycles. The molecule has 0 heterocycles. The molecule has 0 bridgehead atoms. The summed E-state index contributed by atoms with van der Waals surface area (Å²) in [6.07, 6.45) is 0. The van der Waals surface area contributed by atoms with Gasteiger partial charge in [-0.3, -0.25) is 4.55 Å². The number of hydrogen-bond donors (Lipinski definition) is 1. The van der Waals surface area contributed by atoms with Crippen molar-refractivity contribution in [1.82, 2.24) is 0 Å². The number of hydrogen-bond acceptors (Lipinski definition) is 3. The summed E-state index contributed by atoms with van der Waals surface area (Å²) in [4.78, 5) is 0. The van der Waals surface area contributed by atoms with E-state index in [2.05, 4.69) is 0 Å². The summed E-state index contributed by atoms with van der Waals surface area (Å²) in [5, 5.41) is 0. The van der Waals surface area contributed by atoms with E-state index in [1.165, 1.54) is 0 Å². The zero-order valence-corrected chi connectivity index (χ0v) is 10.5. The Balaban J connectivity index is 2.75. The molecule has 16 heavy (non-hydrogen) atoms. The fourth-order valence-electron chi connectivity index (χ4n) is 1.64. The summed E-state index contributed by atoms with van der Waals surface area (Å²) in [6.45, 7) is 5.76. The first kappa shape index (κ1) is 13.0. The molecule has 0 spiro atoms. The molecule has 4 nitrogen and oxygen atoms in total. The minimum Gasteiger partial charge on any atom is -0.492 e. The van der Waals surface area contributed by atoms with Gasteiger partial charge in [0.25, 0.3) is 10.1 Å². The van der Waals surface area contributed by atoms with Crippen molar-refractivity contribution in [2.75, 3.05) is 12.4 Å². The standard InChI is InChI=1S/C11H16O4S/c1-8-6-9(2)11(10(3)7-8)15-4-5-16(12,13)14/h6-7H,4-5H2,1-3H3,(H,12,13,14). The minimum atomic E-state index is -3.95. The lowest BCUT2D eigenvalue weighted by molar-refractivity contribution is 0.331. The largest absolute Gasteiger partial charge is 0.492 e. The molecular formula is C11H16O4S. The topological polar surface area (TPSA) is 63.6 Å². The number of ether oxygens (including phenoxy) is 1. The lowest BCUT2D eigenvalue weighted by atomic mass is 10.1. The Hall–Kier alpha value is -1.07. The summed E-state index contributed by atoms with van der Waals surface area (Å²) in [5.41, 5.74) is 3.07. The van der Waals surface area contributed by atoms with Crippen molar-refractivity contribution in [1.29, 1.82) is 0 Å². The Morgan fingerprint density at radius 1 is 1.19 bits per heavy atom. The lowest BCUT2D eigenvalue weighted by Gasteiger charge is -2.12. The van der Waals surface area contributed by atoms with Crippen LogP contribution in [0.15, 0.2) is 12.1 Å². The van der Waals surface area contributed by atoms with Gasteiger partial charge >= 0.3 is 0 Å². The Morgan fingerprint density at radius 2 is 1.69 bits per heavy atom. The maximum atomic E-state index is 10.5. The molecule has 0 radical (unpaired) electrons. The highest BCUT2D eigenvalue weighted by atomic mass is 32.2. The van der Waals surface area contributed by atoms with Gasteiger partial charge in [-0.15, -0.1) is 0 Å². The lowest BCUT2D eigenvalue weighted by Crippen LogP contribution is -2.13. The Labute approximate surface area is 96.0 Å². The van der Waals surface area contributed by atoms with Crippen LogP contribution in [0.25, 0.3) is 0 Å². The Kier molecular flexibility index (Phi) is 3.93. The third kappa shape index (κ3) is 3.83. The van der Waals surface area contributed by atoms with Crippen LogP contribution in [0.5, 0.6) is 5.75 Å². The fourth-order valence-corrected chi connectivity index (χ4v) is 1.94. The van der Waals surface area contributed by atoms with Gasteiger partial charge in [0.2, 0.25) is 0 Å². The summed E-state index contributed by atoms with van der Waals surface area (Å²) >= 11 is 0. The molecule has 0 saturated carbocycles. The van der Waals surface area contributed by atoms with Gasteiger partial charge in [-0.2, -0.15) is 8.42 Å². The van der Waals surface area contributed by atoms with Gasteiger partial charge in [-0.25, -0.2) is 0 Å². The maximum absolute atomic E-state index is 10.5. The van der Waals surface area contributed by atoms with Crippen LogP contribution in [0.3, 0.4) is 0 Å². The van der Waals surface area contributed by atoms with Crippen LogP contribution in [-0.4, -0.2) is 25.3 Å². The van der Waals surface area contributed by atoms with Crippen molar-refractivity contribution < 1.29 is 17.7 Å². The maximum Gasteiger partial charge on any atom is 0.268 e. The Morgan fingerprint density at radius 3 is 2.12 bits per heavy atom. The number of benzene rings is 1. The van der Waals surface area contributed by atoms with Crippen molar-refractivity contribution in [3.8, 4) is 5.75 Å². The SMILES string of the molecule is Cc1cc(C)c(OCCS(=O)(=O)O)c(C)c1. The predicted octanol–water partition coefficient (Wildman–Crippen LogP) is 1.88. The zero-order chi connectivity index (χ0) is 12.3. The third-order valence-electron chi connectivity index (χ3n) is 2.19. The van der Waals surface area contributed by atoms with Gasteiger partial charge < -0.3 is 4.74 Å². The molecule has 1 aromatic rings. The summed E-state index contributed by atoms with van der Waals surface area (Å²) < 4.78 is 35.0. The molecule has 90 valence electrons. The first-order chi connectivity index (χ1) is 7.29. The first-order valence-corrected chi connectivity index (χ1v) is 6.56. The van der Waals surface area contributed by atoms with E-state index in [1.54, 1.807) is 0 Å². The second-order valence-corrected chi connectivity index (χ2v) is 5.43. The van der Waals surface area contributed by atoms with Crippen molar-refractivity contribution in [3.05, 3.63) is 28.8 Å². The van der Waals surface area contributed by atoms with E-state index in [9.17, 15) is 8.42 Å². The molecule has 0 unspecified atom stereocenters. The average molecular weight is 244 g/mol. The zero-order valence-electron chi connectivity index (χ0n) is 9.65. The molecule has 0 aliphatic rings. The van der Waals surface area contributed by atoms with Crippen LogP contribution < -0.4 is 4.74 Å². The van der Waals surface area contributed by atoms with E-state index in [-0.39, 0.29) is 12.4 Å². The highest BCUT2D eigenvalue weighted by Crippen LogP contribution is 2.24. The molecule has 0 fully saturated rings. The van der Waals surface area contributed by atoms with Crippen molar-refractivity contribution >= 4 is 10.1 Å². The van der Waals surface area contributed by atoms with E-state index < -0.39 is 10.1 Å². The minimum absolute atomic E-state index is 0.0381. The van der Waals surface area contributed by atoms with Crippen LogP contribution in [0.1, 0.15) is 16.7 Å². The quantitative estimate of drug-likeness (QED) is 0.821. The van der Waals surface area contributed by atoms with Crippen molar-refractivity contribution in [2.24, 2.45) is 0 Å². The average Bonchev–Trinajstić information content (AvgIpc) is 2.07. The van der Waals surface area contributed by atoms with E-state index >= 15 is 0 Å². The second-order valence-electron chi connectivity index (χ2n) is 3.86. The van der Waals surface area contributed by atoms with E-state index in [4.69, 9.17) is 9.29 Å². The normalized spacial score (nSPS) is 11.5. The summed E-state index contributed by atoms with van der Waals surface area (Å²) in [6, 6.07) is 3.94. The first-order valence-electron chi connectivity index (χ1n) is 4.95. The molecule has 5 heteroatoms. The smallest absolute Gasteiger partial charge is 0.268 e. The van der Waals surface area contributed by atoms with Crippen LogP contribution in [0.2, 0.25) is 0 Å². The summed E-state index contributed by atoms with van der Waals surface area (Å²) in [7, 11) is -3.95. The second kappa shape index (κ2) is 4.84. The predicted molar refractivity (Wildman–Crippen MR) is 62.6 cm³/mol. The molecular weight excluding hydrogens is 228 g/mol. The molecule has 0 aliphatic heterocycles. The van der Waals surface area contributed by atoms with Gasteiger partial charge in [-0.1, -0.05) is 17.7 Å². The molecule has 0 atom stereocenters. The Bertz CT molecular complexity index is 454. The number of rotatable bonds is 4. The molecule has 1 rings (SSSR count). The van der Waals surface area contributed by atoms with Gasteiger partial charge in [0, 0.05) is 0 Å². The van der Waals surface area contributed by atoms with Crippen LogP contribution in [-0.2, 0) is 10.1 Å². The van der Waals surface area contributed by atoms with E-state index in [0.29, 0.717) is 5.75 Å². The summed E-state index contributed by atoms with van der Waals surface area (Å²) in [5.74, 6) is 0.300. The third-order valence-corrected chi connectivity index (χ3v) is 2.87. The molecule has 0 amide bonds. The number of aryl methyl sites for hydroxylation is 3. The van der Waals surface area contributed by atoms with Crippen LogP contribution in [0.4, 0.5) is 0 Å². The monoisotopic (exact) mass is 244 g/mol. The molecule has 0 saturated heterocycles. The molecule has 1 aromatic carbocycles. The van der Waals surface area contributed by atoms with E-state index in [1.807, 2.05) is 32.9 Å². The van der Waals surface area contributed by atoms with Gasteiger partial charge in [0.15, 0.2) is 0 Å². The van der Waals surface area contributed by atoms with Crippen LogP contribution >= 0.6 is 0 Å². The van der Waals surface area contributed by atoms with Crippen molar-refractivity contribution in [2.45, 2.75) is 20.8 Å².